The maximum Gasteiger partial charge on any atom is 0.219 e. The molecule has 0 aromatic heterocycles. The molecular weight excluding hydrogens is 276 g/mol. The largest absolute Gasteiger partial charge is 0.380 e. The van der Waals surface area contributed by atoms with Gasteiger partial charge in [-0.2, -0.15) is 0 Å². The van der Waals surface area contributed by atoms with Crippen LogP contribution in [0.5, 0.6) is 0 Å². The molecule has 2 saturated heterocycles. The molecule has 2 fully saturated rings. The molecule has 0 amide bonds. The van der Waals surface area contributed by atoms with Crippen LogP contribution in [0.15, 0.2) is 0 Å². The zero-order valence-electron chi connectivity index (χ0n) is 10.8. The van der Waals surface area contributed by atoms with Crippen LogP contribution < -0.4 is 5.32 Å². The fourth-order valence-corrected chi connectivity index (χ4v) is 4.39. The van der Waals surface area contributed by atoms with Crippen molar-refractivity contribution in [2.24, 2.45) is 0 Å². The molecule has 2 aliphatic heterocycles. The Kier molecular flexibility index (Phi) is 6.34. The van der Waals surface area contributed by atoms with Crippen molar-refractivity contribution >= 4 is 22.4 Å². The fourth-order valence-electron chi connectivity index (χ4n) is 2.56. The number of hydrogen-bond donors (Lipinski definition) is 1. The predicted octanol–water partition coefficient (Wildman–Crippen LogP) is 0.601. The maximum absolute atomic E-state index is 12.4. The third-order valence-corrected chi connectivity index (χ3v) is 6.08. The Morgan fingerprint density at radius 3 is 2.44 bits per heavy atom. The molecule has 18 heavy (non-hydrogen) atoms. The minimum Gasteiger partial charge on any atom is -0.380 e. The van der Waals surface area contributed by atoms with Gasteiger partial charge in [0.15, 0.2) is 0 Å². The highest BCUT2D eigenvalue weighted by molar-refractivity contribution is 7.89. The third-order valence-electron chi connectivity index (χ3n) is 3.76. The molecule has 2 aliphatic rings. The van der Waals surface area contributed by atoms with E-state index in [0.29, 0.717) is 13.2 Å². The van der Waals surface area contributed by atoms with Gasteiger partial charge in [-0.25, -0.2) is 12.7 Å². The Labute approximate surface area is 116 Å². The van der Waals surface area contributed by atoms with E-state index in [9.17, 15) is 8.42 Å². The van der Waals surface area contributed by atoms with Crippen molar-refractivity contribution < 1.29 is 13.2 Å². The minimum atomic E-state index is -3.18. The van der Waals surface area contributed by atoms with Crippen LogP contribution in [-0.4, -0.2) is 57.4 Å². The Bertz CT molecular complexity index is 338. The second-order valence-electron chi connectivity index (χ2n) is 4.88. The van der Waals surface area contributed by atoms with Gasteiger partial charge in [-0.1, -0.05) is 0 Å². The van der Waals surface area contributed by atoms with Crippen LogP contribution in [0.3, 0.4) is 0 Å². The highest BCUT2D eigenvalue weighted by Gasteiger charge is 2.35. The lowest BCUT2D eigenvalue weighted by molar-refractivity contribution is 0.0970. The Balaban J connectivity index is 0.00000162. The monoisotopic (exact) mass is 298 g/mol. The molecule has 2 heterocycles. The van der Waals surface area contributed by atoms with Crippen molar-refractivity contribution in [2.75, 3.05) is 33.4 Å². The molecule has 0 bridgehead atoms. The molecule has 0 aliphatic carbocycles. The van der Waals surface area contributed by atoms with Gasteiger partial charge in [-0.3, -0.25) is 0 Å². The van der Waals surface area contributed by atoms with E-state index >= 15 is 0 Å². The van der Waals surface area contributed by atoms with Gasteiger partial charge in [-0.15, -0.1) is 12.4 Å². The Morgan fingerprint density at radius 1 is 1.22 bits per heavy atom. The van der Waals surface area contributed by atoms with Crippen LogP contribution in [0.4, 0.5) is 0 Å². The van der Waals surface area contributed by atoms with Gasteiger partial charge in [0.1, 0.15) is 0 Å². The summed E-state index contributed by atoms with van der Waals surface area (Å²) in [5.74, 6) is 0. The van der Waals surface area contributed by atoms with Gasteiger partial charge < -0.3 is 10.1 Å². The third kappa shape index (κ3) is 3.57. The number of halogens is 1. The van der Waals surface area contributed by atoms with Gasteiger partial charge in [0.2, 0.25) is 10.0 Å². The van der Waals surface area contributed by atoms with Crippen molar-refractivity contribution in [3.05, 3.63) is 0 Å². The lowest BCUT2D eigenvalue weighted by Gasteiger charge is -2.34. The molecule has 1 N–H and O–H groups in total. The molecule has 0 aromatic rings. The van der Waals surface area contributed by atoms with Crippen LogP contribution in [0, 0.1) is 0 Å². The molecule has 0 radical (unpaired) electrons. The maximum atomic E-state index is 12.4. The van der Waals surface area contributed by atoms with E-state index < -0.39 is 10.0 Å². The minimum absolute atomic E-state index is 0. The van der Waals surface area contributed by atoms with Crippen molar-refractivity contribution in [1.29, 1.82) is 0 Å². The zero-order valence-corrected chi connectivity index (χ0v) is 12.4. The van der Waals surface area contributed by atoms with Gasteiger partial charge >= 0.3 is 0 Å². The van der Waals surface area contributed by atoms with E-state index in [0.717, 1.165) is 38.8 Å². The summed E-state index contributed by atoms with van der Waals surface area (Å²) < 4.78 is 31.7. The van der Waals surface area contributed by atoms with Crippen molar-refractivity contribution in [2.45, 2.75) is 37.0 Å². The van der Waals surface area contributed by atoms with Crippen LogP contribution in [0.2, 0.25) is 0 Å². The average molecular weight is 299 g/mol. The van der Waals surface area contributed by atoms with E-state index in [1.54, 1.807) is 11.4 Å². The number of nitrogens with zero attached hydrogens (tertiary/aromatic N) is 1. The number of ether oxygens (including phenoxy) is 1. The number of nitrogens with one attached hydrogen (secondary N) is 1. The van der Waals surface area contributed by atoms with Crippen LogP contribution >= 0.6 is 12.4 Å². The quantitative estimate of drug-likeness (QED) is 0.829. The lowest BCUT2D eigenvalue weighted by Crippen LogP contribution is -2.48. The lowest BCUT2D eigenvalue weighted by atomic mass is 10.1. The summed E-state index contributed by atoms with van der Waals surface area (Å²) >= 11 is 0. The Morgan fingerprint density at radius 2 is 1.89 bits per heavy atom. The second kappa shape index (κ2) is 7.05. The van der Waals surface area contributed by atoms with Crippen molar-refractivity contribution in [1.82, 2.24) is 9.62 Å². The van der Waals surface area contributed by atoms with E-state index in [1.165, 1.54) is 0 Å². The average Bonchev–Trinajstić information content (AvgIpc) is 2.40. The van der Waals surface area contributed by atoms with Crippen LogP contribution in [0.1, 0.15) is 25.7 Å². The Hall–Kier alpha value is 0.120. The predicted molar refractivity (Wildman–Crippen MR) is 73.7 cm³/mol. The summed E-state index contributed by atoms with van der Waals surface area (Å²) in [6, 6.07) is 0.156. The second-order valence-corrected chi connectivity index (χ2v) is 7.15. The molecule has 108 valence electrons. The molecule has 0 saturated carbocycles. The smallest absolute Gasteiger partial charge is 0.219 e. The highest BCUT2D eigenvalue weighted by Crippen LogP contribution is 2.22. The molecule has 0 aromatic carbocycles. The highest BCUT2D eigenvalue weighted by atomic mass is 35.5. The normalized spacial score (nSPS) is 26.9. The standard InChI is InChI=1S/C11H22N2O3S.ClH/c1-13(10-4-6-12-7-5-10)17(14,15)11-3-2-8-16-9-11;/h10-12H,2-9H2,1H3;1H. The van der Waals surface area contributed by atoms with Gasteiger partial charge in [-0.05, 0) is 38.8 Å². The molecule has 7 heteroatoms. The van der Waals surface area contributed by atoms with Gasteiger partial charge in [0.25, 0.3) is 0 Å². The number of rotatable bonds is 3. The van der Waals surface area contributed by atoms with E-state index in [1.807, 2.05) is 0 Å². The topological polar surface area (TPSA) is 58.6 Å². The first-order chi connectivity index (χ1) is 8.12. The van der Waals surface area contributed by atoms with Crippen LogP contribution in [-0.2, 0) is 14.8 Å². The summed E-state index contributed by atoms with van der Waals surface area (Å²) in [5.41, 5.74) is 0. The van der Waals surface area contributed by atoms with E-state index in [-0.39, 0.29) is 23.7 Å². The van der Waals surface area contributed by atoms with E-state index in [4.69, 9.17) is 4.74 Å². The van der Waals surface area contributed by atoms with Gasteiger partial charge in [0, 0.05) is 19.7 Å². The summed E-state index contributed by atoms with van der Waals surface area (Å²) in [6.07, 6.45) is 3.40. The fraction of sp³-hybridized carbons (Fsp3) is 1.00. The number of hydrogen-bond acceptors (Lipinski definition) is 4. The molecule has 5 nitrogen and oxygen atoms in total. The molecule has 0 spiro atoms. The molecule has 1 unspecified atom stereocenters. The van der Waals surface area contributed by atoms with Crippen molar-refractivity contribution in [3.63, 3.8) is 0 Å². The first kappa shape index (κ1) is 16.2. The summed E-state index contributed by atoms with van der Waals surface area (Å²) in [5, 5.41) is 2.92. The first-order valence-electron chi connectivity index (χ1n) is 6.37. The summed E-state index contributed by atoms with van der Waals surface area (Å²) in [7, 11) is -1.46. The van der Waals surface area contributed by atoms with Crippen LogP contribution in [0.25, 0.3) is 0 Å². The number of sulfonamides is 1. The molecule has 1 atom stereocenters. The molecule has 2 rings (SSSR count). The van der Waals surface area contributed by atoms with E-state index in [2.05, 4.69) is 5.32 Å². The first-order valence-corrected chi connectivity index (χ1v) is 7.88. The summed E-state index contributed by atoms with van der Waals surface area (Å²) in [4.78, 5) is 0. The SMILES string of the molecule is CN(C1CCNCC1)S(=O)(=O)C1CCCOC1.Cl. The van der Waals surface area contributed by atoms with Crippen molar-refractivity contribution in [3.8, 4) is 0 Å². The number of piperidine rings is 1. The zero-order chi connectivity index (χ0) is 12.3. The molecular formula is C11H23ClN2O3S. The summed E-state index contributed by atoms with van der Waals surface area (Å²) in [6.45, 7) is 2.87. The van der Waals surface area contributed by atoms with Gasteiger partial charge in [0.05, 0.1) is 11.9 Å².